The summed E-state index contributed by atoms with van der Waals surface area (Å²) >= 11 is 0. The van der Waals surface area contributed by atoms with Crippen molar-refractivity contribution >= 4 is 11.8 Å². The number of aryl methyl sites for hydroxylation is 1. The molecule has 1 fully saturated rings. The van der Waals surface area contributed by atoms with Crippen LogP contribution in [0, 0.1) is 12.7 Å². The second kappa shape index (κ2) is 6.83. The first-order valence-corrected chi connectivity index (χ1v) is 7.93. The highest BCUT2D eigenvalue weighted by molar-refractivity contribution is 5.90. The predicted octanol–water partition coefficient (Wildman–Crippen LogP) is 2.38. The van der Waals surface area contributed by atoms with E-state index in [9.17, 15) is 14.0 Å². The molecule has 24 heavy (non-hydrogen) atoms. The highest BCUT2D eigenvalue weighted by Crippen LogP contribution is 2.24. The number of benzene rings is 2. The van der Waals surface area contributed by atoms with E-state index in [4.69, 9.17) is 0 Å². The third kappa shape index (κ3) is 3.45. The smallest absolute Gasteiger partial charge is 0.247 e. The highest BCUT2D eigenvalue weighted by Gasteiger charge is 2.34. The number of nitrogens with one attached hydrogen (secondary N) is 1. The number of piperazine rings is 1. The second-order valence-electron chi connectivity index (χ2n) is 5.99. The van der Waals surface area contributed by atoms with Gasteiger partial charge in [0.1, 0.15) is 11.9 Å². The van der Waals surface area contributed by atoms with Crippen molar-refractivity contribution in [2.75, 3.05) is 13.1 Å². The summed E-state index contributed by atoms with van der Waals surface area (Å²) in [5.74, 6) is -0.708. The van der Waals surface area contributed by atoms with E-state index in [1.165, 1.54) is 12.1 Å². The molecule has 1 aliphatic heterocycles. The first-order valence-electron chi connectivity index (χ1n) is 7.93. The third-order valence-electron chi connectivity index (χ3n) is 4.19. The molecule has 0 aliphatic carbocycles. The molecular formula is C19H19FN2O2. The van der Waals surface area contributed by atoms with Crippen molar-refractivity contribution in [3.63, 3.8) is 0 Å². The Morgan fingerprint density at radius 1 is 1.17 bits per heavy atom. The topological polar surface area (TPSA) is 49.4 Å². The first-order chi connectivity index (χ1) is 11.5. The van der Waals surface area contributed by atoms with Crippen LogP contribution in [0.15, 0.2) is 48.5 Å². The largest absolute Gasteiger partial charge is 0.352 e. The van der Waals surface area contributed by atoms with Gasteiger partial charge in [-0.25, -0.2) is 4.39 Å². The number of carbonyl (C=O) groups excluding carboxylic acids is 2. The monoisotopic (exact) mass is 326 g/mol. The maximum atomic E-state index is 13.1. The van der Waals surface area contributed by atoms with Crippen LogP contribution >= 0.6 is 0 Å². The van der Waals surface area contributed by atoms with Crippen molar-refractivity contribution < 1.29 is 14.0 Å². The number of hydrogen-bond acceptors (Lipinski definition) is 2. The maximum absolute atomic E-state index is 13.1. The highest BCUT2D eigenvalue weighted by atomic mass is 19.1. The Labute approximate surface area is 140 Å². The molecule has 1 aliphatic rings. The molecule has 4 nitrogen and oxygen atoms in total. The van der Waals surface area contributed by atoms with Gasteiger partial charge >= 0.3 is 0 Å². The van der Waals surface area contributed by atoms with Crippen molar-refractivity contribution in [1.82, 2.24) is 10.2 Å². The Morgan fingerprint density at radius 3 is 2.50 bits per heavy atom. The minimum atomic E-state index is -0.711. The zero-order chi connectivity index (χ0) is 17.1. The first kappa shape index (κ1) is 16.2. The van der Waals surface area contributed by atoms with E-state index in [0.717, 1.165) is 11.1 Å². The standard InChI is InChI=1S/C19H19FN2O2/c1-13-2-4-14(5-3-13)12-17(23)22-11-10-21-19(24)18(22)15-6-8-16(20)9-7-15/h2-9,18H,10-12H2,1H3,(H,21,24). The Hall–Kier alpha value is -2.69. The summed E-state index contributed by atoms with van der Waals surface area (Å²) in [6.45, 7) is 2.86. The van der Waals surface area contributed by atoms with Crippen LogP contribution in [0.5, 0.6) is 0 Å². The number of hydrogen-bond donors (Lipinski definition) is 1. The van der Waals surface area contributed by atoms with Crippen LogP contribution in [-0.4, -0.2) is 29.8 Å². The number of nitrogens with zero attached hydrogens (tertiary/aromatic N) is 1. The van der Waals surface area contributed by atoms with Crippen molar-refractivity contribution in [2.45, 2.75) is 19.4 Å². The van der Waals surface area contributed by atoms with Crippen LogP contribution < -0.4 is 5.32 Å². The van der Waals surface area contributed by atoms with Crippen molar-refractivity contribution in [3.05, 3.63) is 71.0 Å². The van der Waals surface area contributed by atoms with Gasteiger partial charge in [-0.2, -0.15) is 0 Å². The molecule has 1 unspecified atom stereocenters. The summed E-state index contributed by atoms with van der Waals surface area (Å²) in [5.41, 5.74) is 2.66. The van der Waals surface area contributed by atoms with E-state index < -0.39 is 6.04 Å². The molecule has 0 spiro atoms. The molecule has 1 N–H and O–H groups in total. The van der Waals surface area contributed by atoms with Crippen LogP contribution in [0.3, 0.4) is 0 Å². The minimum absolute atomic E-state index is 0.108. The van der Waals surface area contributed by atoms with E-state index in [-0.39, 0.29) is 24.1 Å². The van der Waals surface area contributed by atoms with Gasteiger partial charge in [0.05, 0.1) is 6.42 Å². The van der Waals surface area contributed by atoms with Crippen LogP contribution in [0.1, 0.15) is 22.7 Å². The Balaban J connectivity index is 1.82. The van der Waals surface area contributed by atoms with Crippen LogP contribution in [0.4, 0.5) is 4.39 Å². The fourth-order valence-electron chi connectivity index (χ4n) is 2.89. The van der Waals surface area contributed by atoms with Crippen LogP contribution in [0.2, 0.25) is 0 Å². The molecule has 124 valence electrons. The van der Waals surface area contributed by atoms with Gasteiger partial charge in [-0.15, -0.1) is 0 Å². The van der Waals surface area contributed by atoms with Gasteiger partial charge in [0.25, 0.3) is 0 Å². The van der Waals surface area contributed by atoms with E-state index >= 15 is 0 Å². The Morgan fingerprint density at radius 2 is 1.83 bits per heavy atom. The van der Waals surface area contributed by atoms with Crippen molar-refractivity contribution in [2.24, 2.45) is 0 Å². The molecule has 1 saturated heterocycles. The number of halogens is 1. The fraction of sp³-hybridized carbons (Fsp3) is 0.263. The molecule has 2 aromatic rings. The van der Waals surface area contributed by atoms with Crippen LogP contribution in [-0.2, 0) is 16.0 Å². The molecule has 0 aromatic heterocycles. The molecule has 0 saturated carbocycles. The molecule has 0 radical (unpaired) electrons. The lowest BCUT2D eigenvalue weighted by Gasteiger charge is -2.35. The van der Waals surface area contributed by atoms with E-state index in [1.807, 2.05) is 31.2 Å². The average molecular weight is 326 g/mol. The molecule has 1 heterocycles. The lowest BCUT2D eigenvalue weighted by Crippen LogP contribution is -2.52. The van der Waals surface area contributed by atoms with Crippen molar-refractivity contribution in [3.8, 4) is 0 Å². The normalized spacial score (nSPS) is 17.5. The zero-order valence-electron chi connectivity index (χ0n) is 13.5. The number of rotatable bonds is 3. The predicted molar refractivity (Wildman–Crippen MR) is 88.7 cm³/mol. The molecule has 2 amide bonds. The molecule has 1 atom stereocenters. The lowest BCUT2D eigenvalue weighted by molar-refractivity contribution is -0.143. The molecule has 2 aromatic carbocycles. The molecule has 3 rings (SSSR count). The van der Waals surface area contributed by atoms with Gasteiger partial charge < -0.3 is 10.2 Å². The van der Waals surface area contributed by atoms with Gasteiger partial charge in [-0.05, 0) is 30.2 Å². The van der Waals surface area contributed by atoms with Gasteiger partial charge in [-0.1, -0.05) is 42.0 Å². The Bertz CT molecular complexity index is 741. The Kier molecular flexibility index (Phi) is 4.60. The van der Waals surface area contributed by atoms with Gasteiger partial charge in [-0.3, -0.25) is 9.59 Å². The maximum Gasteiger partial charge on any atom is 0.247 e. The third-order valence-corrected chi connectivity index (χ3v) is 4.19. The van der Waals surface area contributed by atoms with Crippen molar-refractivity contribution in [1.29, 1.82) is 0 Å². The second-order valence-corrected chi connectivity index (χ2v) is 5.99. The van der Waals surface area contributed by atoms with E-state index in [1.54, 1.807) is 17.0 Å². The summed E-state index contributed by atoms with van der Waals surface area (Å²) in [7, 11) is 0. The number of amides is 2. The van der Waals surface area contributed by atoms with E-state index in [2.05, 4.69) is 5.32 Å². The van der Waals surface area contributed by atoms with E-state index in [0.29, 0.717) is 18.7 Å². The van der Waals surface area contributed by atoms with Crippen LogP contribution in [0.25, 0.3) is 0 Å². The van der Waals surface area contributed by atoms with Gasteiger partial charge in [0.15, 0.2) is 0 Å². The summed E-state index contributed by atoms with van der Waals surface area (Å²) in [5, 5.41) is 2.77. The summed E-state index contributed by atoms with van der Waals surface area (Å²) in [6.07, 6.45) is 0.241. The zero-order valence-corrected chi connectivity index (χ0v) is 13.5. The lowest BCUT2D eigenvalue weighted by atomic mass is 10.0. The summed E-state index contributed by atoms with van der Waals surface area (Å²) in [4.78, 5) is 26.6. The minimum Gasteiger partial charge on any atom is -0.352 e. The van der Waals surface area contributed by atoms with Gasteiger partial charge in [0.2, 0.25) is 11.8 Å². The summed E-state index contributed by atoms with van der Waals surface area (Å²) < 4.78 is 13.1. The van der Waals surface area contributed by atoms with Gasteiger partial charge in [0, 0.05) is 13.1 Å². The number of carbonyl (C=O) groups is 2. The SMILES string of the molecule is Cc1ccc(CC(=O)N2CCNC(=O)C2c2ccc(F)cc2)cc1. The molecule has 5 heteroatoms. The summed E-state index contributed by atoms with van der Waals surface area (Å²) in [6, 6.07) is 12.8. The molecule has 0 bridgehead atoms. The fourth-order valence-corrected chi connectivity index (χ4v) is 2.89. The quantitative estimate of drug-likeness (QED) is 0.941. The molecular weight excluding hydrogens is 307 g/mol. The average Bonchev–Trinajstić information content (AvgIpc) is 2.58.